The van der Waals surface area contributed by atoms with Crippen molar-refractivity contribution in [2.75, 3.05) is 25.4 Å². The average Bonchev–Trinajstić information content (AvgIpc) is 2.65. The summed E-state index contributed by atoms with van der Waals surface area (Å²) >= 11 is 0. The number of hydrogen-bond donors (Lipinski definition) is 2. The van der Waals surface area contributed by atoms with Gasteiger partial charge < -0.3 is 10.2 Å². The van der Waals surface area contributed by atoms with Gasteiger partial charge in [0.1, 0.15) is 0 Å². The fraction of sp³-hybridized carbons (Fsp3) is 0.579. The van der Waals surface area contributed by atoms with Crippen LogP contribution in [0.4, 0.5) is 0 Å². The Labute approximate surface area is 161 Å². The highest BCUT2D eigenvalue weighted by Crippen LogP contribution is 2.25. The second-order valence-corrected chi connectivity index (χ2v) is 8.69. The van der Waals surface area contributed by atoms with Gasteiger partial charge in [0.25, 0.3) is 0 Å². The largest absolute Gasteiger partial charge is 0.356 e. The van der Waals surface area contributed by atoms with Crippen molar-refractivity contribution < 1.29 is 18.0 Å². The topological polar surface area (TPSA) is 95.6 Å². The van der Waals surface area contributed by atoms with Gasteiger partial charge in [-0.25, -0.2) is 13.1 Å². The van der Waals surface area contributed by atoms with Crippen LogP contribution in [0.15, 0.2) is 30.3 Å². The number of benzene rings is 1. The van der Waals surface area contributed by atoms with Gasteiger partial charge in [0, 0.05) is 13.1 Å². The molecule has 7 nitrogen and oxygen atoms in total. The Morgan fingerprint density at radius 3 is 2.67 bits per heavy atom. The Hall–Kier alpha value is -1.93. The van der Waals surface area contributed by atoms with Gasteiger partial charge >= 0.3 is 0 Å². The van der Waals surface area contributed by atoms with Gasteiger partial charge in [0.2, 0.25) is 21.8 Å². The van der Waals surface area contributed by atoms with E-state index in [0.717, 1.165) is 24.8 Å². The molecule has 27 heavy (non-hydrogen) atoms. The third kappa shape index (κ3) is 6.95. The SMILES string of the molecule is CCCS(=O)(=O)NCC(=O)N1CCCCCNC(=O)CC1c1ccccc1. The predicted octanol–water partition coefficient (Wildman–Crippen LogP) is 1.58. The zero-order valence-corrected chi connectivity index (χ0v) is 16.6. The van der Waals surface area contributed by atoms with E-state index in [1.165, 1.54) is 0 Å². The van der Waals surface area contributed by atoms with E-state index in [9.17, 15) is 18.0 Å². The molecule has 0 aliphatic carbocycles. The molecule has 1 saturated heterocycles. The quantitative estimate of drug-likeness (QED) is 0.764. The molecule has 0 spiro atoms. The third-order valence-electron chi connectivity index (χ3n) is 4.57. The number of sulfonamides is 1. The number of rotatable bonds is 6. The molecule has 1 atom stereocenters. The first kappa shape index (κ1) is 21.4. The molecule has 0 radical (unpaired) electrons. The van der Waals surface area contributed by atoms with Gasteiger partial charge in [-0.15, -0.1) is 0 Å². The molecule has 0 saturated carbocycles. The van der Waals surface area contributed by atoms with E-state index >= 15 is 0 Å². The fourth-order valence-corrected chi connectivity index (χ4v) is 4.24. The first-order chi connectivity index (χ1) is 12.9. The first-order valence-corrected chi connectivity index (χ1v) is 11.2. The maximum absolute atomic E-state index is 12.9. The molecule has 2 N–H and O–H groups in total. The highest BCUT2D eigenvalue weighted by molar-refractivity contribution is 7.89. The minimum absolute atomic E-state index is 0.00913. The lowest BCUT2D eigenvalue weighted by Gasteiger charge is -2.33. The number of hydrogen-bond acceptors (Lipinski definition) is 4. The summed E-state index contributed by atoms with van der Waals surface area (Å²) < 4.78 is 26.2. The Morgan fingerprint density at radius 1 is 1.22 bits per heavy atom. The molecule has 1 fully saturated rings. The number of nitrogens with zero attached hydrogens (tertiary/aromatic N) is 1. The van der Waals surface area contributed by atoms with Crippen LogP contribution < -0.4 is 10.0 Å². The van der Waals surface area contributed by atoms with Crippen molar-refractivity contribution in [3.8, 4) is 0 Å². The summed E-state index contributed by atoms with van der Waals surface area (Å²) in [6.45, 7) is 2.63. The Morgan fingerprint density at radius 2 is 1.96 bits per heavy atom. The molecule has 0 aromatic heterocycles. The van der Waals surface area contributed by atoms with Crippen molar-refractivity contribution in [3.05, 3.63) is 35.9 Å². The first-order valence-electron chi connectivity index (χ1n) is 9.51. The normalized spacial score (nSPS) is 19.4. The van der Waals surface area contributed by atoms with Gasteiger partial charge in [-0.05, 0) is 31.2 Å². The Bertz CT molecular complexity index is 722. The molecule has 8 heteroatoms. The van der Waals surface area contributed by atoms with Gasteiger partial charge in [0.15, 0.2) is 0 Å². The molecular formula is C19H29N3O4S. The van der Waals surface area contributed by atoms with Gasteiger partial charge in [0.05, 0.1) is 24.8 Å². The summed E-state index contributed by atoms with van der Waals surface area (Å²) in [5, 5.41) is 2.90. The van der Waals surface area contributed by atoms with Crippen LogP contribution in [0.3, 0.4) is 0 Å². The summed E-state index contributed by atoms with van der Waals surface area (Å²) in [5.74, 6) is -0.419. The van der Waals surface area contributed by atoms with E-state index in [1.54, 1.807) is 11.8 Å². The van der Waals surface area contributed by atoms with Crippen LogP contribution in [0.1, 0.15) is 50.6 Å². The molecule has 1 aliphatic rings. The minimum atomic E-state index is -3.46. The summed E-state index contributed by atoms with van der Waals surface area (Å²) in [5.41, 5.74) is 0.873. The summed E-state index contributed by atoms with van der Waals surface area (Å²) in [6.07, 6.45) is 3.23. The molecule has 1 heterocycles. The number of nitrogens with one attached hydrogen (secondary N) is 2. The standard InChI is InChI=1S/C19H29N3O4S/c1-2-13-27(25,26)21-15-19(24)22-12-8-4-7-11-20-18(23)14-17(22)16-9-5-3-6-10-16/h3,5-6,9-10,17,21H,2,4,7-8,11-15H2,1H3,(H,20,23). The highest BCUT2D eigenvalue weighted by Gasteiger charge is 2.28. The second-order valence-electron chi connectivity index (χ2n) is 6.77. The van der Waals surface area contributed by atoms with E-state index in [0.29, 0.717) is 19.5 Å². The van der Waals surface area contributed by atoms with Crippen LogP contribution >= 0.6 is 0 Å². The van der Waals surface area contributed by atoms with E-state index in [-0.39, 0.29) is 30.5 Å². The molecule has 1 aromatic carbocycles. The average molecular weight is 396 g/mol. The van der Waals surface area contributed by atoms with Gasteiger partial charge in [-0.2, -0.15) is 0 Å². The van der Waals surface area contributed by atoms with Crippen LogP contribution in [0.5, 0.6) is 0 Å². The maximum atomic E-state index is 12.9. The van der Waals surface area contributed by atoms with Crippen LogP contribution in [-0.2, 0) is 19.6 Å². The Kier molecular flexibility index (Phi) is 8.24. The van der Waals surface area contributed by atoms with Gasteiger partial charge in [-0.3, -0.25) is 9.59 Å². The van der Waals surface area contributed by atoms with Crippen molar-refractivity contribution in [2.24, 2.45) is 0 Å². The van der Waals surface area contributed by atoms with Crippen LogP contribution in [0.2, 0.25) is 0 Å². The molecule has 1 aliphatic heterocycles. The van der Waals surface area contributed by atoms with Crippen molar-refractivity contribution in [1.82, 2.24) is 14.9 Å². The molecule has 150 valence electrons. The molecule has 2 rings (SSSR count). The molecule has 1 unspecified atom stereocenters. The molecule has 0 bridgehead atoms. The van der Waals surface area contributed by atoms with E-state index in [2.05, 4.69) is 10.0 Å². The Balaban J connectivity index is 2.21. The fourth-order valence-electron chi connectivity index (χ4n) is 3.21. The van der Waals surface area contributed by atoms with Crippen LogP contribution in [-0.4, -0.2) is 50.5 Å². The summed E-state index contributed by atoms with van der Waals surface area (Å²) in [4.78, 5) is 26.8. The lowest BCUT2D eigenvalue weighted by molar-refractivity contribution is -0.134. The monoisotopic (exact) mass is 395 g/mol. The minimum Gasteiger partial charge on any atom is -0.356 e. The maximum Gasteiger partial charge on any atom is 0.238 e. The van der Waals surface area contributed by atoms with Crippen LogP contribution in [0, 0.1) is 0 Å². The van der Waals surface area contributed by atoms with E-state index in [4.69, 9.17) is 0 Å². The number of carbonyl (C=O) groups excluding carboxylic acids is 2. The number of carbonyl (C=O) groups is 2. The van der Waals surface area contributed by atoms with Crippen molar-refractivity contribution in [3.63, 3.8) is 0 Å². The summed E-state index contributed by atoms with van der Waals surface area (Å²) in [6, 6.07) is 9.01. The van der Waals surface area contributed by atoms with Crippen LogP contribution in [0.25, 0.3) is 0 Å². The molecular weight excluding hydrogens is 366 g/mol. The van der Waals surface area contributed by atoms with E-state index in [1.807, 2.05) is 30.3 Å². The lowest BCUT2D eigenvalue weighted by Crippen LogP contribution is -2.44. The highest BCUT2D eigenvalue weighted by atomic mass is 32.2. The zero-order valence-electron chi connectivity index (χ0n) is 15.8. The molecule has 1 aromatic rings. The van der Waals surface area contributed by atoms with Crippen molar-refractivity contribution in [1.29, 1.82) is 0 Å². The van der Waals surface area contributed by atoms with Gasteiger partial charge in [-0.1, -0.05) is 37.3 Å². The second kappa shape index (κ2) is 10.4. The summed E-state index contributed by atoms with van der Waals surface area (Å²) in [7, 11) is -3.46. The van der Waals surface area contributed by atoms with E-state index < -0.39 is 16.1 Å². The van der Waals surface area contributed by atoms with Crippen molar-refractivity contribution in [2.45, 2.75) is 45.1 Å². The third-order valence-corrected chi connectivity index (χ3v) is 6.10. The zero-order chi connectivity index (χ0) is 19.7. The number of amides is 2. The lowest BCUT2D eigenvalue weighted by atomic mass is 10.00. The van der Waals surface area contributed by atoms with Crippen molar-refractivity contribution >= 4 is 21.8 Å². The smallest absolute Gasteiger partial charge is 0.238 e. The molecule has 2 amide bonds. The predicted molar refractivity (Wildman–Crippen MR) is 104 cm³/mol.